The predicted octanol–water partition coefficient (Wildman–Crippen LogP) is 3.68. The van der Waals surface area contributed by atoms with Crippen molar-refractivity contribution in [2.24, 2.45) is 11.8 Å². The Hall–Kier alpha value is -1.48. The van der Waals surface area contributed by atoms with Crippen LogP contribution in [0.2, 0.25) is 0 Å². The Morgan fingerprint density at radius 1 is 1.12 bits per heavy atom. The summed E-state index contributed by atoms with van der Waals surface area (Å²) in [5.74, 6) is 1.66. The maximum absolute atomic E-state index is 11.8. The Morgan fingerprint density at radius 2 is 1.76 bits per heavy atom. The van der Waals surface area contributed by atoms with Gasteiger partial charge in [0.05, 0.1) is 5.70 Å². The number of nitrogens with zero attached hydrogens (tertiary/aromatic N) is 1. The van der Waals surface area contributed by atoms with Gasteiger partial charge in [-0.2, -0.15) is 0 Å². The van der Waals surface area contributed by atoms with Crippen LogP contribution in [0.15, 0.2) is 47.9 Å². The molecule has 92 valence electrons. The van der Waals surface area contributed by atoms with Gasteiger partial charge in [-0.15, -0.1) is 0 Å². The molecular formula is C14H18NO2-. The Morgan fingerprint density at radius 3 is 2.29 bits per heavy atom. The first-order valence-electron chi connectivity index (χ1n) is 6.07. The van der Waals surface area contributed by atoms with Crippen LogP contribution in [0, 0.1) is 17.0 Å². The molecule has 0 aliphatic heterocycles. The molecule has 0 N–H and O–H groups in total. The first-order chi connectivity index (χ1) is 8.15. The van der Waals surface area contributed by atoms with E-state index in [1.54, 1.807) is 0 Å². The van der Waals surface area contributed by atoms with Gasteiger partial charge in [-0.3, -0.25) is 5.23 Å². The Kier molecular flexibility index (Phi) is 3.69. The fourth-order valence-corrected chi connectivity index (χ4v) is 1.78. The molecule has 0 saturated heterocycles. The van der Waals surface area contributed by atoms with Gasteiger partial charge < -0.3 is 10.0 Å². The number of rotatable bonds is 3. The summed E-state index contributed by atoms with van der Waals surface area (Å²) in [6, 6.07) is 0. The Bertz CT molecular complexity index is 393. The van der Waals surface area contributed by atoms with Crippen LogP contribution in [0.3, 0.4) is 0 Å². The average Bonchev–Trinajstić information content (AvgIpc) is 2.33. The Balaban J connectivity index is 1.92. The number of allylic oxidation sites excluding steroid dienone is 6. The molecule has 3 nitrogen and oxygen atoms in total. The first kappa shape index (κ1) is 12.0. The molecule has 0 aromatic rings. The quantitative estimate of drug-likeness (QED) is 0.696. The highest BCUT2D eigenvalue weighted by molar-refractivity contribution is 5.23. The summed E-state index contributed by atoms with van der Waals surface area (Å²) in [4.78, 5) is 5.25. The molecule has 2 atom stereocenters. The molecule has 0 heterocycles. The monoisotopic (exact) mass is 232 g/mol. The molecule has 0 aromatic heterocycles. The number of hydroxylamine groups is 2. The van der Waals surface area contributed by atoms with E-state index in [1.807, 2.05) is 30.4 Å². The van der Waals surface area contributed by atoms with Crippen molar-refractivity contribution in [3.63, 3.8) is 0 Å². The van der Waals surface area contributed by atoms with E-state index in [1.165, 1.54) is 0 Å². The van der Waals surface area contributed by atoms with Gasteiger partial charge in [0, 0.05) is 0 Å². The molecule has 0 aromatic carbocycles. The standard InChI is InChI=1S/C14H18NO2/c1-11-3-7-13(8-4-11)15(16)17-14-9-5-12(2)6-10-14/h3,5,7-12H,4,6H2,1-2H3/q-1. The van der Waals surface area contributed by atoms with Crippen LogP contribution in [0.5, 0.6) is 0 Å². The minimum atomic E-state index is 0.502. The van der Waals surface area contributed by atoms with Crippen LogP contribution in [0.4, 0.5) is 0 Å². The van der Waals surface area contributed by atoms with E-state index in [4.69, 9.17) is 4.84 Å². The van der Waals surface area contributed by atoms with Crippen molar-refractivity contribution in [2.45, 2.75) is 26.7 Å². The second-order valence-corrected chi connectivity index (χ2v) is 4.73. The summed E-state index contributed by atoms with van der Waals surface area (Å²) >= 11 is 0. The van der Waals surface area contributed by atoms with Gasteiger partial charge in [0.2, 0.25) is 0 Å². The van der Waals surface area contributed by atoms with Gasteiger partial charge in [0.15, 0.2) is 0 Å². The van der Waals surface area contributed by atoms with Crippen LogP contribution in [-0.4, -0.2) is 5.23 Å². The Labute approximate surface area is 102 Å². The van der Waals surface area contributed by atoms with Crippen molar-refractivity contribution in [1.29, 1.82) is 0 Å². The average molecular weight is 232 g/mol. The molecule has 0 saturated carbocycles. The second kappa shape index (κ2) is 5.23. The lowest BCUT2D eigenvalue weighted by Crippen LogP contribution is -2.17. The van der Waals surface area contributed by atoms with Gasteiger partial charge in [-0.1, -0.05) is 32.1 Å². The largest absolute Gasteiger partial charge is 0.724 e. The fraction of sp³-hybridized carbons (Fsp3) is 0.429. The summed E-state index contributed by atoms with van der Waals surface area (Å²) in [5.41, 5.74) is 0.580. The highest BCUT2D eigenvalue weighted by atomic mass is 16.9. The van der Waals surface area contributed by atoms with Crippen molar-refractivity contribution in [3.8, 4) is 0 Å². The van der Waals surface area contributed by atoms with Crippen LogP contribution in [0.25, 0.3) is 0 Å². The molecular weight excluding hydrogens is 214 g/mol. The number of hydrogen-bond donors (Lipinski definition) is 0. The van der Waals surface area contributed by atoms with Gasteiger partial charge in [-0.05, 0) is 42.9 Å². The smallest absolute Gasteiger partial charge is 0.149 e. The molecule has 0 amide bonds. The topological polar surface area (TPSA) is 35.5 Å². The van der Waals surface area contributed by atoms with Crippen molar-refractivity contribution >= 4 is 0 Å². The summed E-state index contributed by atoms with van der Waals surface area (Å²) < 4.78 is 0. The van der Waals surface area contributed by atoms with Gasteiger partial charge in [0.1, 0.15) is 5.76 Å². The van der Waals surface area contributed by atoms with Crippen LogP contribution < -0.4 is 0 Å². The number of hydrogen-bond acceptors (Lipinski definition) is 3. The van der Waals surface area contributed by atoms with Crippen molar-refractivity contribution in [3.05, 3.63) is 53.1 Å². The molecule has 2 unspecified atom stereocenters. The molecule has 0 fully saturated rings. The van der Waals surface area contributed by atoms with Gasteiger partial charge in [-0.25, -0.2) is 0 Å². The van der Waals surface area contributed by atoms with E-state index in [2.05, 4.69) is 19.9 Å². The lowest BCUT2D eigenvalue weighted by molar-refractivity contribution is -0.0349. The van der Waals surface area contributed by atoms with Crippen LogP contribution >= 0.6 is 0 Å². The van der Waals surface area contributed by atoms with Crippen molar-refractivity contribution in [1.82, 2.24) is 5.23 Å². The zero-order valence-corrected chi connectivity index (χ0v) is 10.3. The summed E-state index contributed by atoms with van der Waals surface area (Å²) in [6.45, 7) is 4.25. The van der Waals surface area contributed by atoms with E-state index in [9.17, 15) is 5.21 Å². The minimum absolute atomic E-state index is 0.502. The molecule has 0 radical (unpaired) electrons. The third-order valence-corrected chi connectivity index (χ3v) is 2.97. The molecule has 0 bridgehead atoms. The summed E-state index contributed by atoms with van der Waals surface area (Å²) in [7, 11) is 0. The van der Waals surface area contributed by atoms with E-state index in [0.717, 1.165) is 12.8 Å². The maximum Gasteiger partial charge on any atom is 0.149 e. The third-order valence-electron chi connectivity index (χ3n) is 2.97. The zero-order chi connectivity index (χ0) is 12.3. The summed E-state index contributed by atoms with van der Waals surface area (Å²) in [6.07, 6.45) is 13.4. The molecule has 0 spiro atoms. The zero-order valence-electron chi connectivity index (χ0n) is 10.3. The van der Waals surface area contributed by atoms with E-state index >= 15 is 0 Å². The highest BCUT2D eigenvalue weighted by Crippen LogP contribution is 2.22. The normalized spacial score (nSPS) is 27.5. The van der Waals surface area contributed by atoms with Gasteiger partial charge in [0.25, 0.3) is 0 Å². The minimum Gasteiger partial charge on any atom is -0.724 e. The lowest BCUT2D eigenvalue weighted by Gasteiger charge is -2.32. The molecule has 3 heteroatoms. The van der Waals surface area contributed by atoms with E-state index in [-0.39, 0.29) is 0 Å². The van der Waals surface area contributed by atoms with Crippen LogP contribution in [-0.2, 0) is 4.84 Å². The first-order valence-corrected chi connectivity index (χ1v) is 6.07. The SMILES string of the molecule is CC1C=CC(ON([O-])C2=CCC(C)C=C2)=CC1. The molecule has 2 rings (SSSR count). The van der Waals surface area contributed by atoms with E-state index in [0.29, 0.717) is 28.5 Å². The molecule has 2 aliphatic carbocycles. The van der Waals surface area contributed by atoms with Crippen molar-refractivity contribution < 1.29 is 4.84 Å². The molecule has 2 aliphatic rings. The predicted molar refractivity (Wildman–Crippen MR) is 68.3 cm³/mol. The lowest BCUT2D eigenvalue weighted by atomic mass is 10.0. The fourth-order valence-electron chi connectivity index (χ4n) is 1.78. The van der Waals surface area contributed by atoms with Gasteiger partial charge >= 0.3 is 0 Å². The van der Waals surface area contributed by atoms with Crippen LogP contribution in [0.1, 0.15) is 26.7 Å². The van der Waals surface area contributed by atoms with Crippen molar-refractivity contribution in [2.75, 3.05) is 0 Å². The second-order valence-electron chi connectivity index (χ2n) is 4.73. The summed E-state index contributed by atoms with van der Waals surface area (Å²) in [5, 5.41) is 12.3. The molecule has 17 heavy (non-hydrogen) atoms. The van der Waals surface area contributed by atoms with E-state index < -0.39 is 0 Å². The highest BCUT2D eigenvalue weighted by Gasteiger charge is 2.08. The third kappa shape index (κ3) is 3.24. The maximum atomic E-state index is 11.8.